The maximum atomic E-state index is 11.1. The van der Waals surface area contributed by atoms with E-state index < -0.39 is 0 Å². The first-order chi connectivity index (χ1) is 6.75. The highest BCUT2D eigenvalue weighted by molar-refractivity contribution is 5.58. The van der Waals surface area contributed by atoms with Gasteiger partial charge in [-0.05, 0) is 19.1 Å². The minimum absolute atomic E-state index is 0.00761. The van der Waals surface area contributed by atoms with E-state index >= 15 is 0 Å². The van der Waals surface area contributed by atoms with Crippen molar-refractivity contribution in [3.05, 3.63) is 52.6 Å². The van der Waals surface area contributed by atoms with Crippen LogP contribution in [0.4, 0.5) is 0 Å². The lowest BCUT2D eigenvalue weighted by atomic mass is 10.1. The lowest BCUT2D eigenvalue weighted by Crippen LogP contribution is -1.98. The second-order valence-corrected chi connectivity index (χ2v) is 3.12. The summed E-state index contributed by atoms with van der Waals surface area (Å²) in [5.74, 6) is 0. The van der Waals surface area contributed by atoms with Gasteiger partial charge in [-0.25, -0.2) is 0 Å². The smallest absolute Gasteiger partial charge is 0.182 e. The van der Waals surface area contributed by atoms with Gasteiger partial charge in [0, 0.05) is 41.5 Å². The number of H-pyrrole nitrogens is 1. The minimum Gasteiger partial charge on any atom is -0.361 e. The number of rotatable bonds is 1. The molecule has 0 fully saturated rings. The van der Waals surface area contributed by atoms with Crippen molar-refractivity contribution in [3.63, 3.8) is 0 Å². The average molecular weight is 186 g/mol. The highest BCUT2D eigenvalue weighted by Gasteiger charge is 1.98. The number of hydrogen-bond donors (Lipinski definition) is 1. The topological polar surface area (TPSA) is 45.8 Å². The Labute approximate surface area is 81.5 Å². The Bertz CT molecular complexity index is 502. The Kier molecular flexibility index (Phi) is 2.14. The van der Waals surface area contributed by atoms with Crippen molar-refractivity contribution >= 4 is 0 Å². The van der Waals surface area contributed by atoms with E-state index in [9.17, 15) is 4.79 Å². The fourth-order valence-corrected chi connectivity index (χ4v) is 1.33. The summed E-state index contributed by atoms with van der Waals surface area (Å²) in [5.41, 5.74) is 2.75. The second-order valence-electron chi connectivity index (χ2n) is 3.12. The number of aryl methyl sites for hydroxylation is 1. The summed E-state index contributed by atoms with van der Waals surface area (Å²) in [6, 6.07) is 6.88. The average Bonchev–Trinajstić information content (AvgIpc) is 2.18. The van der Waals surface area contributed by atoms with Gasteiger partial charge in [0.25, 0.3) is 0 Å². The molecule has 0 atom stereocenters. The molecule has 2 heterocycles. The Morgan fingerprint density at radius 1 is 1.29 bits per heavy atom. The normalized spacial score (nSPS) is 10.1. The highest BCUT2D eigenvalue weighted by Crippen LogP contribution is 2.14. The second kappa shape index (κ2) is 3.46. The molecule has 14 heavy (non-hydrogen) atoms. The third kappa shape index (κ3) is 1.71. The van der Waals surface area contributed by atoms with Gasteiger partial charge in [0.05, 0.1) is 0 Å². The first-order valence-corrected chi connectivity index (χ1v) is 4.37. The van der Waals surface area contributed by atoms with Gasteiger partial charge in [-0.3, -0.25) is 9.78 Å². The molecule has 0 bridgehead atoms. The molecule has 0 aliphatic rings. The molecule has 0 aromatic carbocycles. The summed E-state index contributed by atoms with van der Waals surface area (Å²) in [4.78, 5) is 18.2. The van der Waals surface area contributed by atoms with E-state index in [0.717, 1.165) is 17.0 Å². The molecule has 0 radical (unpaired) electrons. The zero-order chi connectivity index (χ0) is 9.97. The van der Waals surface area contributed by atoms with Crippen molar-refractivity contribution in [1.82, 2.24) is 9.97 Å². The van der Waals surface area contributed by atoms with Crippen molar-refractivity contribution in [1.29, 1.82) is 0 Å². The highest BCUT2D eigenvalue weighted by atomic mass is 16.1. The molecular formula is C11H10N2O. The van der Waals surface area contributed by atoms with Crippen LogP contribution in [0, 0.1) is 6.92 Å². The first kappa shape index (κ1) is 8.69. The SMILES string of the molecule is Cc1cc(-c2cc(=O)cc[nH]2)ccn1. The molecule has 0 spiro atoms. The lowest BCUT2D eigenvalue weighted by molar-refractivity contribution is 1.19. The van der Waals surface area contributed by atoms with Crippen molar-refractivity contribution in [2.75, 3.05) is 0 Å². The molecule has 0 unspecified atom stereocenters. The maximum Gasteiger partial charge on any atom is 0.182 e. The molecule has 1 N–H and O–H groups in total. The molecule has 0 aliphatic carbocycles. The Morgan fingerprint density at radius 2 is 2.14 bits per heavy atom. The van der Waals surface area contributed by atoms with Gasteiger partial charge in [0.15, 0.2) is 5.43 Å². The molecule has 2 aromatic rings. The van der Waals surface area contributed by atoms with E-state index in [1.165, 1.54) is 6.07 Å². The van der Waals surface area contributed by atoms with Crippen LogP contribution in [-0.2, 0) is 0 Å². The summed E-state index contributed by atoms with van der Waals surface area (Å²) in [6.07, 6.45) is 3.38. The third-order valence-electron chi connectivity index (χ3n) is 1.98. The molecule has 2 aromatic heterocycles. The van der Waals surface area contributed by atoms with Crippen LogP contribution < -0.4 is 5.43 Å². The zero-order valence-electron chi connectivity index (χ0n) is 7.82. The molecule has 70 valence electrons. The van der Waals surface area contributed by atoms with E-state index in [1.807, 2.05) is 19.1 Å². The number of aromatic amines is 1. The van der Waals surface area contributed by atoms with Crippen LogP contribution in [0.3, 0.4) is 0 Å². The fourth-order valence-electron chi connectivity index (χ4n) is 1.33. The first-order valence-electron chi connectivity index (χ1n) is 4.37. The fraction of sp³-hybridized carbons (Fsp3) is 0.0909. The largest absolute Gasteiger partial charge is 0.361 e. The number of aromatic nitrogens is 2. The molecule has 0 saturated heterocycles. The standard InChI is InChI=1S/C11H10N2O/c1-8-6-9(2-4-12-8)11-7-10(14)3-5-13-11/h2-7H,1H3,(H,13,14). The summed E-state index contributed by atoms with van der Waals surface area (Å²) in [5, 5.41) is 0. The van der Waals surface area contributed by atoms with Gasteiger partial charge in [-0.2, -0.15) is 0 Å². The summed E-state index contributed by atoms with van der Waals surface area (Å²) in [6.45, 7) is 1.92. The number of pyridine rings is 2. The van der Waals surface area contributed by atoms with E-state index in [0.29, 0.717) is 0 Å². The zero-order valence-corrected chi connectivity index (χ0v) is 7.82. The van der Waals surface area contributed by atoms with Crippen LogP contribution in [-0.4, -0.2) is 9.97 Å². The summed E-state index contributed by atoms with van der Waals surface area (Å²) >= 11 is 0. The Balaban J connectivity index is 2.55. The molecule has 2 rings (SSSR count). The van der Waals surface area contributed by atoms with Crippen LogP contribution in [0.15, 0.2) is 41.5 Å². The van der Waals surface area contributed by atoms with E-state index in [4.69, 9.17) is 0 Å². The van der Waals surface area contributed by atoms with E-state index in [2.05, 4.69) is 9.97 Å². The van der Waals surface area contributed by atoms with Gasteiger partial charge in [0.1, 0.15) is 0 Å². The molecule has 0 aliphatic heterocycles. The molecular weight excluding hydrogens is 176 g/mol. The number of nitrogens with one attached hydrogen (secondary N) is 1. The molecule has 3 heteroatoms. The molecule has 0 amide bonds. The van der Waals surface area contributed by atoms with Crippen molar-refractivity contribution < 1.29 is 0 Å². The predicted molar refractivity (Wildman–Crippen MR) is 55.0 cm³/mol. The quantitative estimate of drug-likeness (QED) is 0.737. The minimum atomic E-state index is 0.00761. The van der Waals surface area contributed by atoms with Gasteiger partial charge in [-0.15, -0.1) is 0 Å². The Hall–Kier alpha value is -1.90. The van der Waals surface area contributed by atoms with E-state index in [-0.39, 0.29) is 5.43 Å². The van der Waals surface area contributed by atoms with Gasteiger partial charge < -0.3 is 4.98 Å². The number of nitrogens with zero attached hydrogens (tertiary/aromatic N) is 1. The Morgan fingerprint density at radius 3 is 2.86 bits per heavy atom. The van der Waals surface area contributed by atoms with Crippen molar-refractivity contribution in [2.45, 2.75) is 6.92 Å². The van der Waals surface area contributed by atoms with Crippen molar-refractivity contribution in [3.8, 4) is 11.3 Å². The number of hydrogen-bond acceptors (Lipinski definition) is 2. The van der Waals surface area contributed by atoms with Crippen LogP contribution in [0.5, 0.6) is 0 Å². The summed E-state index contributed by atoms with van der Waals surface area (Å²) in [7, 11) is 0. The van der Waals surface area contributed by atoms with Crippen LogP contribution in [0.2, 0.25) is 0 Å². The van der Waals surface area contributed by atoms with Crippen molar-refractivity contribution in [2.24, 2.45) is 0 Å². The van der Waals surface area contributed by atoms with E-state index in [1.54, 1.807) is 18.5 Å². The monoisotopic (exact) mass is 186 g/mol. The predicted octanol–water partition coefficient (Wildman–Crippen LogP) is 1.75. The molecule has 3 nitrogen and oxygen atoms in total. The lowest BCUT2D eigenvalue weighted by Gasteiger charge is -2.00. The third-order valence-corrected chi connectivity index (χ3v) is 1.98. The van der Waals surface area contributed by atoms with Gasteiger partial charge in [0.2, 0.25) is 0 Å². The van der Waals surface area contributed by atoms with Crippen LogP contribution in [0.25, 0.3) is 11.3 Å². The maximum absolute atomic E-state index is 11.1. The van der Waals surface area contributed by atoms with Crippen LogP contribution in [0.1, 0.15) is 5.69 Å². The summed E-state index contributed by atoms with van der Waals surface area (Å²) < 4.78 is 0. The van der Waals surface area contributed by atoms with Crippen LogP contribution >= 0.6 is 0 Å². The van der Waals surface area contributed by atoms with Gasteiger partial charge in [-0.1, -0.05) is 0 Å². The van der Waals surface area contributed by atoms with Gasteiger partial charge >= 0.3 is 0 Å². The molecule has 0 saturated carbocycles.